The Hall–Kier alpha value is -1.97. The van der Waals surface area contributed by atoms with Gasteiger partial charge in [-0.1, -0.05) is 0 Å². The maximum atomic E-state index is 11.0. The van der Waals surface area contributed by atoms with Crippen molar-refractivity contribution < 1.29 is 15.0 Å². The highest BCUT2D eigenvalue weighted by atomic mass is 16.4. The van der Waals surface area contributed by atoms with Gasteiger partial charge in [0.25, 0.3) is 0 Å². The van der Waals surface area contributed by atoms with E-state index in [9.17, 15) is 9.90 Å². The number of hydrogen-bond donors (Lipinski definition) is 2. The fraction of sp³-hybridized carbons (Fsp3) is 0.250. The second-order valence-electron chi connectivity index (χ2n) is 4.14. The van der Waals surface area contributed by atoms with Gasteiger partial charge in [0.15, 0.2) is 0 Å². The number of aromatic hydroxyl groups is 1. The number of phenols is 1. The number of rotatable bonds is 1. The van der Waals surface area contributed by atoms with E-state index < -0.39 is 11.9 Å². The predicted molar refractivity (Wildman–Crippen MR) is 58.6 cm³/mol. The lowest BCUT2D eigenvalue weighted by Gasteiger charge is -2.01. The first kappa shape index (κ1) is 9.27. The average molecular weight is 217 g/mol. The summed E-state index contributed by atoms with van der Waals surface area (Å²) in [5, 5.41) is 19.5. The van der Waals surface area contributed by atoms with Crippen molar-refractivity contribution in [2.75, 3.05) is 0 Å². The van der Waals surface area contributed by atoms with E-state index in [1.807, 2.05) is 16.7 Å². The Morgan fingerprint density at radius 3 is 2.94 bits per heavy atom. The molecule has 1 aromatic carbocycles. The van der Waals surface area contributed by atoms with Crippen LogP contribution in [0, 0.1) is 0 Å². The summed E-state index contributed by atoms with van der Waals surface area (Å²) < 4.78 is 1.98. The van der Waals surface area contributed by atoms with Crippen molar-refractivity contribution in [3.05, 3.63) is 30.0 Å². The van der Waals surface area contributed by atoms with Gasteiger partial charge in [0, 0.05) is 23.7 Å². The highest BCUT2D eigenvalue weighted by Crippen LogP contribution is 2.35. The van der Waals surface area contributed by atoms with Gasteiger partial charge in [0.2, 0.25) is 0 Å². The summed E-state index contributed by atoms with van der Waals surface area (Å²) in [7, 11) is 0. The lowest BCUT2D eigenvalue weighted by atomic mass is 10.0. The van der Waals surface area contributed by atoms with E-state index in [0.717, 1.165) is 16.6 Å². The smallest absolute Gasteiger partial charge is 0.312 e. The number of benzene rings is 1. The molecule has 2 heterocycles. The normalized spacial score (nSPS) is 18.9. The molecule has 1 atom stereocenters. The summed E-state index contributed by atoms with van der Waals surface area (Å²) in [5.74, 6) is -0.965. The van der Waals surface area contributed by atoms with Crippen molar-refractivity contribution in [1.82, 2.24) is 4.57 Å². The van der Waals surface area contributed by atoms with Gasteiger partial charge in [-0.15, -0.1) is 0 Å². The number of carboxylic acid groups (broad SMARTS) is 1. The van der Waals surface area contributed by atoms with E-state index in [1.165, 1.54) is 0 Å². The lowest BCUT2D eigenvalue weighted by Crippen LogP contribution is -2.07. The Kier molecular flexibility index (Phi) is 1.74. The number of aromatic nitrogens is 1. The van der Waals surface area contributed by atoms with Crippen LogP contribution in [0.4, 0.5) is 0 Å². The fourth-order valence-corrected chi connectivity index (χ4v) is 2.46. The molecule has 0 aliphatic carbocycles. The molecule has 4 nitrogen and oxygen atoms in total. The number of phenolic OH excluding ortho intramolecular Hbond substituents is 1. The zero-order valence-electron chi connectivity index (χ0n) is 8.55. The molecule has 1 aliphatic heterocycles. The second kappa shape index (κ2) is 3.01. The van der Waals surface area contributed by atoms with Crippen LogP contribution < -0.4 is 0 Å². The molecule has 0 bridgehead atoms. The van der Waals surface area contributed by atoms with Crippen LogP contribution in [0.5, 0.6) is 5.75 Å². The van der Waals surface area contributed by atoms with Crippen LogP contribution in [0.2, 0.25) is 0 Å². The highest BCUT2D eigenvalue weighted by molar-refractivity contribution is 5.86. The van der Waals surface area contributed by atoms with E-state index in [2.05, 4.69) is 0 Å². The van der Waals surface area contributed by atoms with Gasteiger partial charge in [-0.2, -0.15) is 0 Å². The number of aryl methyl sites for hydroxylation is 1. The lowest BCUT2D eigenvalue weighted by molar-refractivity contribution is -0.138. The predicted octanol–water partition coefficient (Wildman–Crippen LogP) is 1.92. The number of nitrogens with zero attached hydrogens (tertiary/aromatic N) is 1. The van der Waals surface area contributed by atoms with Crippen LogP contribution in [0.15, 0.2) is 24.3 Å². The SMILES string of the molecule is O=C(O)C1CCn2c1cc1ccc(O)cc12. The van der Waals surface area contributed by atoms with Gasteiger partial charge < -0.3 is 14.8 Å². The zero-order valence-corrected chi connectivity index (χ0v) is 8.55. The molecule has 1 aromatic heterocycles. The first-order valence-electron chi connectivity index (χ1n) is 5.22. The Labute approximate surface area is 91.7 Å². The van der Waals surface area contributed by atoms with Gasteiger partial charge in [-0.3, -0.25) is 4.79 Å². The largest absolute Gasteiger partial charge is 0.508 e. The van der Waals surface area contributed by atoms with E-state index in [1.54, 1.807) is 12.1 Å². The van der Waals surface area contributed by atoms with Crippen molar-refractivity contribution in [2.24, 2.45) is 0 Å². The van der Waals surface area contributed by atoms with Crippen molar-refractivity contribution in [3.63, 3.8) is 0 Å². The van der Waals surface area contributed by atoms with Crippen LogP contribution in [0.3, 0.4) is 0 Å². The quantitative estimate of drug-likeness (QED) is 0.767. The fourth-order valence-electron chi connectivity index (χ4n) is 2.46. The highest BCUT2D eigenvalue weighted by Gasteiger charge is 2.30. The molecule has 82 valence electrons. The first-order valence-corrected chi connectivity index (χ1v) is 5.22. The van der Waals surface area contributed by atoms with Crippen molar-refractivity contribution in [3.8, 4) is 5.75 Å². The molecule has 1 unspecified atom stereocenters. The zero-order chi connectivity index (χ0) is 11.3. The van der Waals surface area contributed by atoms with E-state index in [4.69, 9.17) is 5.11 Å². The molecule has 2 aromatic rings. The van der Waals surface area contributed by atoms with Gasteiger partial charge in [-0.25, -0.2) is 0 Å². The number of carbonyl (C=O) groups is 1. The first-order chi connectivity index (χ1) is 7.66. The molecule has 0 spiro atoms. The molecule has 0 saturated carbocycles. The van der Waals surface area contributed by atoms with E-state index in [-0.39, 0.29) is 5.75 Å². The number of carboxylic acids is 1. The van der Waals surface area contributed by atoms with Crippen LogP contribution in [-0.2, 0) is 11.3 Å². The van der Waals surface area contributed by atoms with Gasteiger partial charge in [-0.05, 0) is 24.6 Å². The molecule has 3 rings (SSSR count). The minimum Gasteiger partial charge on any atom is -0.508 e. The van der Waals surface area contributed by atoms with Crippen LogP contribution in [0.1, 0.15) is 18.0 Å². The monoisotopic (exact) mass is 217 g/mol. The van der Waals surface area contributed by atoms with Gasteiger partial charge in [0.05, 0.1) is 11.4 Å². The van der Waals surface area contributed by atoms with Crippen LogP contribution in [-0.4, -0.2) is 20.7 Å². The van der Waals surface area contributed by atoms with Crippen molar-refractivity contribution in [2.45, 2.75) is 18.9 Å². The summed E-state index contributed by atoms with van der Waals surface area (Å²) >= 11 is 0. The number of fused-ring (bicyclic) bond motifs is 3. The number of aliphatic carboxylic acids is 1. The summed E-state index contributed by atoms with van der Waals surface area (Å²) in [6.45, 7) is 0.708. The second-order valence-corrected chi connectivity index (χ2v) is 4.14. The van der Waals surface area contributed by atoms with Crippen LogP contribution in [0.25, 0.3) is 10.9 Å². The van der Waals surface area contributed by atoms with E-state index >= 15 is 0 Å². The summed E-state index contributed by atoms with van der Waals surface area (Å²) in [6, 6.07) is 7.02. The Morgan fingerprint density at radius 2 is 2.19 bits per heavy atom. The van der Waals surface area contributed by atoms with Crippen molar-refractivity contribution >= 4 is 16.9 Å². The molecule has 0 radical (unpaired) electrons. The third-order valence-electron chi connectivity index (χ3n) is 3.22. The van der Waals surface area contributed by atoms with Gasteiger partial charge >= 0.3 is 5.97 Å². The average Bonchev–Trinajstić information content (AvgIpc) is 2.76. The summed E-state index contributed by atoms with van der Waals surface area (Å²) in [5.41, 5.74) is 1.76. The molecule has 4 heteroatoms. The molecule has 0 saturated heterocycles. The topological polar surface area (TPSA) is 62.5 Å². The standard InChI is InChI=1S/C12H11NO3/c14-8-2-1-7-5-11-9(12(15)16)3-4-13(11)10(7)6-8/h1-2,5-6,9,14H,3-4H2,(H,15,16). The summed E-state index contributed by atoms with van der Waals surface area (Å²) in [4.78, 5) is 11.0. The molecule has 1 aliphatic rings. The third-order valence-corrected chi connectivity index (χ3v) is 3.22. The Morgan fingerprint density at radius 1 is 1.38 bits per heavy atom. The van der Waals surface area contributed by atoms with E-state index in [0.29, 0.717) is 13.0 Å². The molecule has 0 fully saturated rings. The molecule has 0 amide bonds. The Bertz CT molecular complexity index is 585. The maximum absolute atomic E-state index is 11.0. The molecule has 2 N–H and O–H groups in total. The summed E-state index contributed by atoms with van der Waals surface area (Å²) in [6.07, 6.45) is 0.635. The minimum absolute atomic E-state index is 0.215. The molecular formula is C12H11NO3. The van der Waals surface area contributed by atoms with Gasteiger partial charge in [0.1, 0.15) is 5.75 Å². The Balaban J connectivity index is 2.25. The van der Waals surface area contributed by atoms with Crippen LogP contribution >= 0.6 is 0 Å². The minimum atomic E-state index is -0.772. The maximum Gasteiger partial charge on any atom is 0.312 e. The molecular weight excluding hydrogens is 206 g/mol. The molecule has 16 heavy (non-hydrogen) atoms. The van der Waals surface area contributed by atoms with Crippen molar-refractivity contribution in [1.29, 1.82) is 0 Å². The number of hydrogen-bond acceptors (Lipinski definition) is 2. The third kappa shape index (κ3) is 1.13.